The van der Waals surface area contributed by atoms with Crippen molar-refractivity contribution >= 4 is 5.91 Å². The molecule has 0 unspecified atom stereocenters. The molecule has 7 heteroatoms. The van der Waals surface area contributed by atoms with E-state index in [0.717, 1.165) is 12.8 Å². The highest BCUT2D eigenvalue weighted by molar-refractivity contribution is 5.93. The average molecular weight is 261 g/mol. The second kappa shape index (κ2) is 4.49. The molecule has 1 amide bonds. The molecule has 7 nitrogen and oxygen atoms in total. The summed E-state index contributed by atoms with van der Waals surface area (Å²) in [6.07, 6.45) is 3.84. The van der Waals surface area contributed by atoms with Crippen molar-refractivity contribution in [1.29, 1.82) is 0 Å². The molecule has 1 aliphatic carbocycles. The molecule has 2 aromatic rings. The van der Waals surface area contributed by atoms with E-state index in [1.165, 1.54) is 0 Å². The van der Waals surface area contributed by atoms with Gasteiger partial charge in [0.25, 0.3) is 5.91 Å². The molecule has 100 valence electrons. The fraction of sp³-hybridized carbons (Fsp3) is 0.500. The SMILES string of the molecule is Cc1ncn(C)c1C(=O)NCc1noc(C2CC2)n1. The first kappa shape index (κ1) is 11.9. The summed E-state index contributed by atoms with van der Waals surface area (Å²) < 4.78 is 6.82. The van der Waals surface area contributed by atoms with E-state index in [0.29, 0.717) is 29.0 Å². The number of aryl methyl sites for hydroxylation is 2. The van der Waals surface area contributed by atoms with Crippen LogP contribution in [0.15, 0.2) is 10.9 Å². The molecule has 1 saturated carbocycles. The smallest absolute Gasteiger partial charge is 0.270 e. The minimum Gasteiger partial charge on any atom is -0.343 e. The van der Waals surface area contributed by atoms with E-state index in [9.17, 15) is 4.79 Å². The molecule has 0 aromatic carbocycles. The van der Waals surface area contributed by atoms with E-state index < -0.39 is 0 Å². The molecule has 19 heavy (non-hydrogen) atoms. The van der Waals surface area contributed by atoms with Gasteiger partial charge in [-0.3, -0.25) is 4.79 Å². The molecule has 3 rings (SSSR count). The van der Waals surface area contributed by atoms with E-state index in [1.807, 2.05) is 0 Å². The van der Waals surface area contributed by atoms with Crippen LogP contribution in [-0.4, -0.2) is 25.6 Å². The predicted molar refractivity (Wildman–Crippen MR) is 65.4 cm³/mol. The normalized spacial score (nSPS) is 14.6. The van der Waals surface area contributed by atoms with Crippen LogP contribution >= 0.6 is 0 Å². The molecule has 0 saturated heterocycles. The Balaban J connectivity index is 1.63. The molecule has 2 heterocycles. The van der Waals surface area contributed by atoms with Gasteiger partial charge in [0.15, 0.2) is 5.82 Å². The van der Waals surface area contributed by atoms with Gasteiger partial charge in [0, 0.05) is 13.0 Å². The van der Waals surface area contributed by atoms with Gasteiger partial charge in [0.05, 0.1) is 18.6 Å². The summed E-state index contributed by atoms with van der Waals surface area (Å²) in [5, 5.41) is 6.62. The van der Waals surface area contributed by atoms with Gasteiger partial charge in [-0.2, -0.15) is 4.98 Å². The van der Waals surface area contributed by atoms with Crippen molar-refractivity contribution in [3.63, 3.8) is 0 Å². The Bertz CT molecular complexity index is 592. The highest BCUT2D eigenvalue weighted by Gasteiger charge is 2.29. The van der Waals surface area contributed by atoms with Gasteiger partial charge < -0.3 is 14.4 Å². The number of imidazole rings is 1. The molecule has 1 N–H and O–H groups in total. The van der Waals surface area contributed by atoms with Crippen LogP contribution in [0.5, 0.6) is 0 Å². The van der Waals surface area contributed by atoms with Crippen molar-refractivity contribution < 1.29 is 9.32 Å². The van der Waals surface area contributed by atoms with E-state index >= 15 is 0 Å². The molecule has 0 atom stereocenters. The van der Waals surface area contributed by atoms with Gasteiger partial charge in [-0.15, -0.1) is 0 Å². The number of nitrogens with one attached hydrogen (secondary N) is 1. The molecular weight excluding hydrogens is 246 g/mol. The summed E-state index contributed by atoms with van der Waals surface area (Å²) in [4.78, 5) is 20.4. The molecule has 0 spiro atoms. The van der Waals surface area contributed by atoms with Crippen molar-refractivity contribution in [2.45, 2.75) is 32.2 Å². The van der Waals surface area contributed by atoms with E-state index in [1.54, 1.807) is 24.9 Å². The average Bonchev–Trinajstić information content (AvgIpc) is 3.04. The third-order valence-corrected chi connectivity index (χ3v) is 3.15. The van der Waals surface area contributed by atoms with Crippen LogP contribution in [0, 0.1) is 6.92 Å². The van der Waals surface area contributed by atoms with Gasteiger partial charge in [-0.1, -0.05) is 5.16 Å². The Morgan fingerprint density at radius 1 is 1.58 bits per heavy atom. The van der Waals surface area contributed by atoms with Crippen LogP contribution in [0.1, 0.15) is 46.7 Å². The number of hydrogen-bond donors (Lipinski definition) is 1. The summed E-state index contributed by atoms with van der Waals surface area (Å²) in [5.41, 5.74) is 1.25. The highest BCUT2D eigenvalue weighted by atomic mass is 16.5. The quantitative estimate of drug-likeness (QED) is 0.884. The second-order valence-electron chi connectivity index (χ2n) is 4.80. The first-order valence-corrected chi connectivity index (χ1v) is 6.23. The molecule has 0 aliphatic heterocycles. The largest absolute Gasteiger partial charge is 0.343 e. The van der Waals surface area contributed by atoms with Crippen molar-refractivity contribution in [3.05, 3.63) is 29.4 Å². The Hall–Kier alpha value is -2.18. The maximum absolute atomic E-state index is 12.0. The number of amides is 1. The van der Waals surface area contributed by atoms with E-state index in [2.05, 4.69) is 20.4 Å². The second-order valence-corrected chi connectivity index (χ2v) is 4.80. The number of hydrogen-bond acceptors (Lipinski definition) is 5. The van der Waals surface area contributed by atoms with E-state index in [4.69, 9.17) is 4.52 Å². The topological polar surface area (TPSA) is 85.8 Å². The first-order chi connectivity index (χ1) is 9.15. The Morgan fingerprint density at radius 2 is 2.37 bits per heavy atom. The summed E-state index contributed by atoms with van der Waals surface area (Å²) in [6.45, 7) is 2.06. The third kappa shape index (κ3) is 2.35. The van der Waals surface area contributed by atoms with Crippen molar-refractivity contribution in [1.82, 2.24) is 25.0 Å². The maximum Gasteiger partial charge on any atom is 0.270 e. The van der Waals surface area contributed by atoms with Crippen LogP contribution < -0.4 is 5.32 Å². The van der Waals surface area contributed by atoms with Crippen LogP contribution in [0.4, 0.5) is 0 Å². The van der Waals surface area contributed by atoms with Crippen molar-refractivity contribution in [2.24, 2.45) is 7.05 Å². The lowest BCUT2D eigenvalue weighted by molar-refractivity contribution is 0.0941. The summed E-state index contributed by atoms with van der Waals surface area (Å²) >= 11 is 0. The fourth-order valence-electron chi connectivity index (χ4n) is 1.95. The number of rotatable bonds is 4. The van der Waals surface area contributed by atoms with Crippen LogP contribution in [0.2, 0.25) is 0 Å². The van der Waals surface area contributed by atoms with Gasteiger partial charge in [-0.05, 0) is 19.8 Å². The van der Waals surface area contributed by atoms with Gasteiger partial charge in [0.2, 0.25) is 5.89 Å². The van der Waals surface area contributed by atoms with E-state index in [-0.39, 0.29) is 12.5 Å². The van der Waals surface area contributed by atoms with Gasteiger partial charge in [-0.25, -0.2) is 4.98 Å². The number of aromatic nitrogens is 4. The van der Waals surface area contributed by atoms with Crippen molar-refractivity contribution in [2.75, 3.05) is 0 Å². The Morgan fingerprint density at radius 3 is 3.00 bits per heavy atom. The zero-order valence-corrected chi connectivity index (χ0v) is 10.9. The number of nitrogens with zero attached hydrogens (tertiary/aromatic N) is 4. The third-order valence-electron chi connectivity index (χ3n) is 3.15. The summed E-state index contributed by atoms with van der Waals surface area (Å²) in [6, 6.07) is 0. The summed E-state index contributed by atoms with van der Waals surface area (Å²) in [7, 11) is 1.79. The molecule has 0 radical (unpaired) electrons. The molecule has 0 bridgehead atoms. The Kier molecular flexibility index (Phi) is 2.81. The van der Waals surface area contributed by atoms with Crippen LogP contribution in [-0.2, 0) is 13.6 Å². The molecule has 1 aliphatic rings. The minimum atomic E-state index is -0.185. The Labute approximate surface area is 110 Å². The molecule has 1 fully saturated rings. The number of carbonyl (C=O) groups excluding carboxylic acids is 1. The molecular formula is C12H15N5O2. The zero-order chi connectivity index (χ0) is 13.4. The first-order valence-electron chi connectivity index (χ1n) is 6.23. The van der Waals surface area contributed by atoms with Gasteiger partial charge >= 0.3 is 0 Å². The zero-order valence-electron chi connectivity index (χ0n) is 10.9. The highest BCUT2D eigenvalue weighted by Crippen LogP contribution is 2.38. The maximum atomic E-state index is 12.0. The fourth-order valence-corrected chi connectivity index (χ4v) is 1.95. The standard InChI is InChI=1S/C12H15N5O2/c1-7-10(17(2)6-14-7)11(18)13-5-9-15-12(19-16-9)8-3-4-8/h6,8H,3-5H2,1-2H3,(H,13,18). The van der Waals surface area contributed by atoms with Crippen molar-refractivity contribution in [3.8, 4) is 0 Å². The minimum absolute atomic E-state index is 0.185. The summed E-state index contributed by atoms with van der Waals surface area (Å²) in [5.74, 6) is 1.43. The lowest BCUT2D eigenvalue weighted by Gasteiger charge is -2.03. The number of carbonyl (C=O) groups is 1. The lowest BCUT2D eigenvalue weighted by Crippen LogP contribution is -2.26. The van der Waals surface area contributed by atoms with Gasteiger partial charge in [0.1, 0.15) is 5.69 Å². The molecule has 2 aromatic heterocycles. The predicted octanol–water partition coefficient (Wildman–Crippen LogP) is 0.919. The lowest BCUT2D eigenvalue weighted by atomic mass is 10.3. The van der Waals surface area contributed by atoms with Crippen LogP contribution in [0.25, 0.3) is 0 Å². The van der Waals surface area contributed by atoms with Crippen LogP contribution in [0.3, 0.4) is 0 Å². The monoisotopic (exact) mass is 261 g/mol.